The Morgan fingerprint density at radius 1 is 1.00 bits per heavy atom. The van der Waals surface area contributed by atoms with E-state index in [2.05, 4.69) is 10.5 Å². The Labute approximate surface area is 172 Å². The van der Waals surface area contributed by atoms with Crippen molar-refractivity contribution in [2.75, 3.05) is 32.7 Å². The van der Waals surface area contributed by atoms with E-state index >= 15 is 0 Å². The summed E-state index contributed by atoms with van der Waals surface area (Å²) < 4.78 is 27.0. The van der Waals surface area contributed by atoms with Gasteiger partial charge in [0.25, 0.3) is 5.91 Å². The number of rotatable bonds is 6. The van der Waals surface area contributed by atoms with Crippen LogP contribution >= 0.6 is 0 Å². The van der Waals surface area contributed by atoms with E-state index in [1.807, 2.05) is 49.1 Å². The third-order valence-electron chi connectivity index (χ3n) is 4.90. The number of carbonyl (C=O) groups is 1. The van der Waals surface area contributed by atoms with Crippen LogP contribution in [0.4, 0.5) is 0 Å². The molecule has 0 radical (unpaired) electrons. The second-order valence-corrected chi connectivity index (χ2v) is 9.03. The van der Waals surface area contributed by atoms with Crippen LogP contribution in [0, 0.1) is 6.92 Å². The van der Waals surface area contributed by atoms with Gasteiger partial charge in [0.15, 0.2) is 0 Å². The van der Waals surface area contributed by atoms with Gasteiger partial charge >= 0.3 is 0 Å². The van der Waals surface area contributed by atoms with Gasteiger partial charge in [-0.25, -0.2) is 13.8 Å². The Morgan fingerprint density at radius 3 is 2.24 bits per heavy atom. The molecule has 7 nitrogen and oxygen atoms in total. The first-order valence-corrected chi connectivity index (χ1v) is 11.0. The number of aryl methyl sites for hydroxylation is 1. The van der Waals surface area contributed by atoms with Gasteiger partial charge in [0.05, 0.1) is 17.2 Å². The maximum absolute atomic E-state index is 12.7. The average Bonchev–Trinajstić information content (AvgIpc) is 2.73. The number of nitrogens with zero attached hydrogens (tertiary/aromatic N) is 3. The molecule has 1 saturated heterocycles. The minimum atomic E-state index is -3.50. The van der Waals surface area contributed by atoms with Crippen molar-refractivity contribution in [2.24, 2.45) is 5.10 Å². The number of hydrogen-bond acceptors (Lipinski definition) is 5. The zero-order valence-corrected chi connectivity index (χ0v) is 17.5. The number of hydrogen-bond donors (Lipinski definition) is 1. The highest BCUT2D eigenvalue weighted by Crippen LogP contribution is 2.18. The largest absolute Gasteiger partial charge is 0.292 e. The fraction of sp³-hybridized carbons (Fsp3) is 0.333. The van der Waals surface area contributed by atoms with Crippen LogP contribution < -0.4 is 5.43 Å². The molecular formula is C21H26N4O3S. The first-order chi connectivity index (χ1) is 13.9. The molecular weight excluding hydrogens is 388 g/mol. The summed E-state index contributed by atoms with van der Waals surface area (Å²) in [4.78, 5) is 14.4. The number of hydrazone groups is 1. The summed E-state index contributed by atoms with van der Waals surface area (Å²) in [5.41, 5.74) is 5.27. The van der Waals surface area contributed by atoms with E-state index in [1.54, 1.807) is 24.3 Å². The van der Waals surface area contributed by atoms with E-state index in [1.165, 1.54) is 4.31 Å². The van der Waals surface area contributed by atoms with Crippen LogP contribution in [0.25, 0.3) is 0 Å². The van der Waals surface area contributed by atoms with Crippen molar-refractivity contribution < 1.29 is 13.2 Å². The van der Waals surface area contributed by atoms with Crippen LogP contribution in [-0.2, 0) is 14.8 Å². The molecule has 0 bridgehead atoms. The smallest absolute Gasteiger partial charge is 0.254 e. The number of benzene rings is 2. The van der Waals surface area contributed by atoms with Gasteiger partial charge in [-0.15, -0.1) is 0 Å². The van der Waals surface area contributed by atoms with Crippen LogP contribution in [0.5, 0.6) is 0 Å². The van der Waals surface area contributed by atoms with Crippen molar-refractivity contribution >= 4 is 21.6 Å². The highest BCUT2D eigenvalue weighted by atomic mass is 32.2. The third kappa shape index (κ3) is 5.50. The van der Waals surface area contributed by atoms with Crippen LogP contribution in [0.1, 0.15) is 18.1 Å². The average molecular weight is 415 g/mol. The molecule has 8 heteroatoms. The lowest BCUT2D eigenvalue weighted by Gasteiger charge is -2.33. The van der Waals surface area contributed by atoms with Gasteiger partial charge in [-0.1, -0.05) is 48.0 Å². The number of piperazine rings is 1. The fourth-order valence-corrected chi connectivity index (χ4v) is 4.54. The second-order valence-electron chi connectivity index (χ2n) is 7.09. The first-order valence-electron chi connectivity index (χ1n) is 9.54. The van der Waals surface area contributed by atoms with Crippen LogP contribution in [0.15, 0.2) is 64.6 Å². The lowest BCUT2D eigenvalue weighted by Crippen LogP contribution is -2.50. The maximum Gasteiger partial charge on any atom is 0.254 e. The Kier molecular flexibility index (Phi) is 6.79. The van der Waals surface area contributed by atoms with Crippen molar-refractivity contribution in [1.29, 1.82) is 0 Å². The Morgan fingerprint density at radius 2 is 1.62 bits per heavy atom. The monoisotopic (exact) mass is 414 g/mol. The van der Waals surface area contributed by atoms with Gasteiger partial charge in [0.1, 0.15) is 0 Å². The van der Waals surface area contributed by atoms with Gasteiger partial charge in [-0.3, -0.25) is 9.69 Å². The molecule has 2 aromatic rings. The highest BCUT2D eigenvalue weighted by Gasteiger charge is 2.28. The quantitative estimate of drug-likeness (QED) is 0.578. The lowest BCUT2D eigenvalue weighted by molar-refractivity contribution is -0.122. The molecule has 3 rings (SSSR count). The maximum atomic E-state index is 12.7. The molecule has 1 N–H and O–H groups in total. The van der Waals surface area contributed by atoms with Gasteiger partial charge in [0, 0.05) is 26.2 Å². The third-order valence-corrected chi connectivity index (χ3v) is 6.81. The molecule has 1 aliphatic rings. The van der Waals surface area contributed by atoms with Crippen LogP contribution in [-0.4, -0.2) is 62.0 Å². The predicted octanol–water partition coefficient (Wildman–Crippen LogP) is 1.84. The topological polar surface area (TPSA) is 82.1 Å². The molecule has 29 heavy (non-hydrogen) atoms. The molecule has 0 saturated carbocycles. The molecule has 1 amide bonds. The Hall–Kier alpha value is -2.55. The van der Waals surface area contributed by atoms with Crippen molar-refractivity contribution in [1.82, 2.24) is 14.6 Å². The van der Waals surface area contributed by atoms with E-state index in [4.69, 9.17) is 0 Å². The number of nitrogens with one attached hydrogen (secondary N) is 1. The van der Waals surface area contributed by atoms with Gasteiger partial charge in [0.2, 0.25) is 10.0 Å². The molecule has 2 aromatic carbocycles. The summed E-state index contributed by atoms with van der Waals surface area (Å²) in [6.07, 6.45) is 0. The molecule has 1 heterocycles. The van der Waals surface area contributed by atoms with E-state index in [0.29, 0.717) is 31.1 Å². The van der Waals surface area contributed by atoms with Crippen LogP contribution in [0.2, 0.25) is 0 Å². The van der Waals surface area contributed by atoms with Crippen molar-refractivity contribution in [3.8, 4) is 0 Å². The number of sulfonamides is 1. The minimum absolute atomic E-state index is 0.185. The Bertz CT molecular complexity index is 965. The molecule has 154 valence electrons. The molecule has 0 unspecified atom stereocenters. The van der Waals surface area contributed by atoms with Gasteiger partial charge in [-0.2, -0.15) is 9.41 Å². The van der Waals surface area contributed by atoms with E-state index in [9.17, 15) is 13.2 Å². The molecule has 1 fully saturated rings. The summed E-state index contributed by atoms with van der Waals surface area (Å²) in [6, 6.07) is 16.5. The number of amides is 1. The predicted molar refractivity (Wildman–Crippen MR) is 113 cm³/mol. The van der Waals surface area contributed by atoms with Crippen molar-refractivity contribution in [3.63, 3.8) is 0 Å². The molecule has 0 aromatic heterocycles. The SMILES string of the molecule is CC(=NNC(=O)CN1CCN(S(=O)(=O)c2ccc(C)cc2)CC1)c1ccccc1. The summed E-state index contributed by atoms with van der Waals surface area (Å²) in [5, 5.41) is 4.14. The number of carbonyl (C=O) groups excluding carboxylic acids is 1. The lowest BCUT2D eigenvalue weighted by atomic mass is 10.1. The van der Waals surface area contributed by atoms with E-state index in [-0.39, 0.29) is 12.5 Å². The summed E-state index contributed by atoms with van der Waals surface area (Å²) >= 11 is 0. The van der Waals surface area contributed by atoms with Gasteiger partial charge in [-0.05, 0) is 31.5 Å². The second kappa shape index (κ2) is 9.30. The molecule has 0 spiro atoms. The van der Waals surface area contributed by atoms with Crippen molar-refractivity contribution in [2.45, 2.75) is 18.7 Å². The summed E-state index contributed by atoms with van der Waals surface area (Å²) in [5.74, 6) is -0.213. The molecule has 0 atom stereocenters. The zero-order chi connectivity index (χ0) is 20.9. The summed E-state index contributed by atoms with van der Waals surface area (Å²) in [7, 11) is -3.50. The standard InChI is InChI=1S/C21H26N4O3S/c1-17-8-10-20(11-9-17)29(27,28)25-14-12-24(13-15-25)16-21(26)23-22-18(2)19-6-4-3-5-7-19/h3-11H,12-16H2,1-2H3,(H,23,26). The zero-order valence-electron chi connectivity index (χ0n) is 16.7. The Balaban J connectivity index is 1.50. The molecule has 0 aliphatic carbocycles. The first kappa shape index (κ1) is 21.2. The minimum Gasteiger partial charge on any atom is -0.292 e. The normalized spacial score (nSPS) is 16.6. The van der Waals surface area contributed by atoms with E-state index < -0.39 is 10.0 Å². The van der Waals surface area contributed by atoms with Crippen molar-refractivity contribution in [3.05, 3.63) is 65.7 Å². The highest BCUT2D eigenvalue weighted by molar-refractivity contribution is 7.89. The fourth-order valence-electron chi connectivity index (χ4n) is 3.12. The van der Waals surface area contributed by atoms with Gasteiger partial charge < -0.3 is 0 Å². The molecule has 1 aliphatic heterocycles. The van der Waals surface area contributed by atoms with E-state index in [0.717, 1.165) is 16.8 Å². The van der Waals surface area contributed by atoms with Crippen LogP contribution in [0.3, 0.4) is 0 Å². The summed E-state index contributed by atoms with van der Waals surface area (Å²) in [6.45, 7) is 5.66.